The van der Waals surface area contributed by atoms with Crippen molar-refractivity contribution in [3.8, 4) is 0 Å². The van der Waals surface area contributed by atoms with Crippen LogP contribution < -0.4 is 0 Å². The van der Waals surface area contributed by atoms with Gasteiger partial charge in [-0.25, -0.2) is 0 Å². The lowest BCUT2D eigenvalue weighted by molar-refractivity contribution is -0.159. The number of carbonyl (C=O) groups is 1. The van der Waals surface area contributed by atoms with Gasteiger partial charge in [0.25, 0.3) is 0 Å². The normalized spacial score (nSPS) is 26.9. The van der Waals surface area contributed by atoms with E-state index >= 15 is 0 Å². The van der Waals surface area contributed by atoms with Crippen LogP contribution >= 0.6 is 36.1 Å². The third kappa shape index (κ3) is 4.54. The smallest absolute Gasteiger partial charge is 0.420 e. The minimum atomic E-state index is -4.87. The Morgan fingerprint density at radius 2 is 1.79 bits per heavy atom. The lowest BCUT2D eigenvalue weighted by Gasteiger charge is -2.34. The summed E-state index contributed by atoms with van der Waals surface area (Å²) in [7, 11) is -2.09. The molecule has 1 saturated carbocycles. The van der Waals surface area contributed by atoms with E-state index in [-0.39, 0.29) is 13.2 Å². The third-order valence-electron chi connectivity index (χ3n) is 3.91. The summed E-state index contributed by atoms with van der Waals surface area (Å²) in [4.78, 5) is 11.4. The van der Waals surface area contributed by atoms with Gasteiger partial charge in [-0.1, -0.05) is 41.4 Å². The quantitative estimate of drug-likeness (QED) is 0.392. The van der Waals surface area contributed by atoms with E-state index in [2.05, 4.69) is 15.9 Å². The van der Waals surface area contributed by atoms with Gasteiger partial charge in [0.15, 0.2) is 0 Å². The van der Waals surface area contributed by atoms with Gasteiger partial charge in [0.2, 0.25) is 3.78 Å². The largest absolute Gasteiger partial charge is 0.481 e. The SMILES string of the molecule is CCOP(OCC)OC(C1C(C(=O)O)C1(C)C)C(Cl)(Br)C(F)(F)F. The second-order valence-electron chi connectivity index (χ2n) is 5.87. The van der Waals surface area contributed by atoms with Gasteiger partial charge >= 0.3 is 20.7 Å². The van der Waals surface area contributed by atoms with Crippen LogP contribution in [0.3, 0.4) is 0 Å². The number of aliphatic carboxylic acids is 1. The van der Waals surface area contributed by atoms with Crippen LogP contribution in [0.5, 0.6) is 0 Å². The van der Waals surface area contributed by atoms with Crippen molar-refractivity contribution in [2.45, 2.75) is 43.8 Å². The second kappa shape index (κ2) is 7.92. The molecule has 1 rings (SSSR count). The molecule has 0 spiro atoms. The zero-order chi connectivity index (χ0) is 18.9. The van der Waals surface area contributed by atoms with Crippen LogP contribution in [0, 0.1) is 17.3 Å². The van der Waals surface area contributed by atoms with Gasteiger partial charge in [0.05, 0.1) is 19.1 Å². The lowest BCUT2D eigenvalue weighted by Crippen LogP contribution is -2.47. The molecule has 142 valence electrons. The Kier molecular flexibility index (Phi) is 7.39. The van der Waals surface area contributed by atoms with Crippen molar-refractivity contribution in [2.24, 2.45) is 17.3 Å². The molecule has 0 aromatic rings. The lowest BCUT2D eigenvalue weighted by atomic mass is 10.0. The van der Waals surface area contributed by atoms with E-state index in [1.165, 1.54) is 0 Å². The molecule has 0 radical (unpaired) electrons. The molecule has 0 saturated heterocycles. The van der Waals surface area contributed by atoms with E-state index in [0.29, 0.717) is 0 Å². The summed E-state index contributed by atoms with van der Waals surface area (Å²) in [5.74, 6) is -3.17. The van der Waals surface area contributed by atoms with Crippen LogP contribution in [0.15, 0.2) is 0 Å². The third-order valence-corrected chi connectivity index (χ3v) is 6.57. The Bertz CT molecular complexity index is 457. The maximum absolute atomic E-state index is 13.4. The first-order valence-electron chi connectivity index (χ1n) is 7.22. The van der Waals surface area contributed by atoms with Gasteiger partial charge < -0.3 is 18.7 Å². The molecule has 0 amide bonds. The average molecular weight is 460 g/mol. The van der Waals surface area contributed by atoms with E-state index in [1.54, 1.807) is 27.7 Å². The number of carboxylic acids is 1. The highest BCUT2D eigenvalue weighted by atomic mass is 79.9. The van der Waals surface area contributed by atoms with E-state index in [1.807, 2.05) is 0 Å². The summed E-state index contributed by atoms with van der Waals surface area (Å²) in [6, 6.07) is 0. The fourth-order valence-electron chi connectivity index (χ4n) is 2.63. The van der Waals surface area contributed by atoms with Crippen LogP contribution in [-0.2, 0) is 18.4 Å². The van der Waals surface area contributed by atoms with E-state index in [4.69, 9.17) is 25.2 Å². The molecule has 24 heavy (non-hydrogen) atoms. The monoisotopic (exact) mass is 458 g/mol. The molecule has 1 fully saturated rings. The highest BCUT2D eigenvalue weighted by Gasteiger charge is 2.73. The summed E-state index contributed by atoms with van der Waals surface area (Å²) in [6.07, 6.45) is -6.57. The number of rotatable bonds is 9. The molecule has 1 aliphatic carbocycles. The Labute approximate surface area is 153 Å². The fourth-order valence-corrected chi connectivity index (χ4v) is 4.49. The van der Waals surface area contributed by atoms with E-state index in [0.717, 1.165) is 0 Å². The minimum absolute atomic E-state index is 0.165. The first kappa shape index (κ1) is 22.4. The average Bonchev–Trinajstić information content (AvgIpc) is 2.97. The topological polar surface area (TPSA) is 65.0 Å². The fraction of sp³-hybridized carbons (Fsp3) is 0.923. The molecule has 1 aliphatic rings. The predicted octanol–water partition coefficient (Wildman–Crippen LogP) is 4.92. The van der Waals surface area contributed by atoms with Gasteiger partial charge in [-0.3, -0.25) is 4.79 Å². The molecular formula is C13H20BrClF3O5P. The highest BCUT2D eigenvalue weighted by molar-refractivity contribution is 9.10. The molecular weight excluding hydrogens is 439 g/mol. The van der Waals surface area contributed by atoms with Crippen molar-refractivity contribution in [1.29, 1.82) is 0 Å². The molecule has 0 bridgehead atoms. The van der Waals surface area contributed by atoms with E-state index < -0.39 is 47.9 Å². The van der Waals surface area contributed by atoms with Crippen molar-refractivity contribution >= 4 is 42.1 Å². The Hall–Kier alpha value is 0.340. The highest BCUT2D eigenvalue weighted by Crippen LogP contribution is 2.67. The van der Waals surface area contributed by atoms with Crippen LogP contribution in [0.25, 0.3) is 0 Å². The van der Waals surface area contributed by atoms with Gasteiger partial charge in [0.1, 0.15) is 6.10 Å². The maximum Gasteiger partial charge on any atom is 0.420 e. The first-order valence-corrected chi connectivity index (χ1v) is 9.49. The molecule has 5 nitrogen and oxygen atoms in total. The van der Waals surface area contributed by atoms with E-state index in [9.17, 15) is 23.1 Å². The second-order valence-corrected chi connectivity index (χ2v) is 9.35. The summed E-state index contributed by atoms with van der Waals surface area (Å²) in [5.41, 5.74) is -0.908. The maximum atomic E-state index is 13.4. The summed E-state index contributed by atoms with van der Waals surface area (Å²) >= 11 is 8.22. The van der Waals surface area contributed by atoms with Crippen molar-refractivity contribution < 1.29 is 36.6 Å². The van der Waals surface area contributed by atoms with Crippen molar-refractivity contribution in [2.75, 3.05) is 13.2 Å². The van der Waals surface area contributed by atoms with Crippen molar-refractivity contribution in [1.82, 2.24) is 0 Å². The van der Waals surface area contributed by atoms with Gasteiger partial charge in [0, 0.05) is 5.92 Å². The number of carboxylic acid groups (broad SMARTS) is 1. The van der Waals surface area contributed by atoms with Crippen LogP contribution in [0.1, 0.15) is 27.7 Å². The zero-order valence-electron chi connectivity index (χ0n) is 13.6. The minimum Gasteiger partial charge on any atom is -0.481 e. The Balaban J connectivity index is 3.16. The Morgan fingerprint density at radius 3 is 2.08 bits per heavy atom. The Morgan fingerprint density at radius 1 is 1.33 bits per heavy atom. The van der Waals surface area contributed by atoms with Crippen molar-refractivity contribution in [3.05, 3.63) is 0 Å². The molecule has 0 aromatic heterocycles. The predicted molar refractivity (Wildman–Crippen MR) is 87.0 cm³/mol. The molecule has 0 aliphatic heterocycles. The van der Waals surface area contributed by atoms with Crippen LogP contribution in [0.2, 0.25) is 0 Å². The van der Waals surface area contributed by atoms with Gasteiger partial charge in [-0.15, -0.1) is 0 Å². The molecule has 1 N–H and O–H groups in total. The number of hydrogen-bond acceptors (Lipinski definition) is 4. The molecule has 11 heteroatoms. The first-order chi connectivity index (χ1) is 10.8. The molecule has 0 heterocycles. The molecule has 0 aromatic carbocycles. The molecule has 4 unspecified atom stereocenters. The molecule has 4 atom stereocenters. The van der Waals surface area contributed by atoms with Gasteiger partial charge in [-0.05, 0) is 19.3 Å². The summed E-state index contributed by atoms with van der Waals surface area (Å²) < 4.78 is 53.0. The number of alkyl halides is 5. The standard InChI is InChI=1S/C13H20BrClF3O5P/c1-5-21-24(22-6-2)23-9(12(14,15)13(16,17)18)7-8(10(19)20)11(7,3)4/h7-9H,5-6H2,1-4H3,(H,19,20). The van der Waals surface area contributed by atoms with Crippen LogP contribution in [-0.4, -0.2) is 40.4 Å². The summed E-state index contributed by atoms with van der Waals surface area (Å²) in [5, 5.41) is 9.27. The number of halogens is 5. The van der Waals surface area contributed by atoms with Crippen LogP contribution in [0.4, 0.5) is 13.2 Å². The number of hydrogen-bond donors (Lipinski definition) is 1. The summed E-state index contributed by atoms with van der Waals surface area (Å²) in [6.45, 7) is 6.73. The zero-order valence-corrected chi connectivity index (χ0v) is 16.8. The van der Waals surface area contributed by atoms with Gasteiger partial charge in [-0.2, -0.15) is 13.2 Å². The van der Waals surface area contributed by atoms with Crippen molar-refractivity contribution in [3.63, 3.8) is 0 Å².